The van der Waals surface area contributed by atoms with Crippen LogP contribution < -0.4 is 5.19 Å². The third-order valence-corrected chi connectivity index (χ3v) is 11.6. The highest BCUT2D eigenvalue weighted by Gasteiger charge is 2.52. The predicted octanol–water partition coefficient (Wildman–Crippen LogP) is 8.18. The lowest BCUT2D eigenvalue weighted by atomic mass is 9.79. The van der Waals surface area contributed by atoms with Crippen LogP contribution in [0, 0.1) is 23.7 Å². The molecule has 230 valence electrons. The molecule has 1 heterocycles. The Morgan fingerprint density at radius 3 is 1.80 bits per heavy atom. The summed E-state index contributed by atoms with van der Waals surface area (Å²) in [5, 5.41) is 1.43. The first-order chi connectivity index (χ1) is 22.0. The van der Waals surface area contributed by atoms with Crippen molar-refractivity contribution >= 4 is 14.7 Å². The Bertz CT molecular complexity index is 1450. The van der Waals surface area contributed by atoms with Gasteiger partial charge >= 0.3 is 0 Å². The lowest BCUT2D eigenvalue weighted by Crippen LogP contribution is -2.41. The Hall–Kier alpha value is -3.28. The Labute approximate surface area is 271 Å². The maximum absolute atomic E-state index is 7.87. The topological polar surface area (TPSA) is 27.7 Å². The van der Waals surface area contributed by atoms with Gasteiger partial charge < -0.3 is 14.2 Å². The van der Waals surface area contributed by atoms with Crippen LogP contribution in [0.4, 0.5) is 0 Å². The second kappa shape index (κ2) is 13.2. The fraction of sp³-hybridized carbons (Fsp3) is 0.366. The second-order valence-electron chi connectivity index (χ2n) is 13.4. The average molecular weight is 613 g/mol. The number of ether oxygens (including phenoxy) is 3. The molecule has 0 unspecified atom stereocenters. The molecule has 3 aliphatic rings. The quantitative estimate of drug-likeness (QED) is 0.108. The van der Waals surface area contributed by atoms with E-state index in [-0.39, 0.29) is 6.10 Å². The van der Waals surface area contributed by atoms with Crippen LogP contribution in [0.15, 0.2) is 133 Å². The van der Waals surface area contributed by atoms with Gasteiger partial charge in [0.25, 0.3) is 0 Å². The zero-order valence-corrected chi connectivity index (χ0v) is 27.5. The van der Waals surface area contributed by atoms with Gasteiger partial charge in [-0.2, -0.15) is 0 Å². The first kappa shape index (κ1) is 30.4. The van der Waals surface area contributed by atoms with Crippen LogP contribution in [0.3, 0.4) is 0 Å². The fourth-order valence-corrected chi connectivity index (χ4v) is 9.28. The standard InChI is InChI=1S/C41H44O3Si/c1-40(2)42-27-30(28-43-40)25-31-23-24-37-38(31)26-32(29-45-36-21-13-6-14-22-36)39(37)44-41(33-15-7-3-8-16-33,34-17-9-4-10-18-34)35-19-11-5-12-20-35/h3-22,25,30,32,37-39H,23-24,26-29H2,1-2H3/b31-25+/t32-,37-,38-,39-/m1/s1. The van der Waals surface area contributed by atoms with Gasteiger partial charge in [0.1, 0.15) is 5.60 Å². The maximum Gasteiger partial charge on any atom is 0.162 e. The molecule has 1 aliphatic heterocycles. The van der Waals surface area contributed by atoms with Crippen LogP contribution in [0.2, 0.25) is 6.04 Å². The Balaban J connectivity index is 1.27. The van der Waals surface area contributed by atoms with Crippen molar-refractivity contribution in [3.05, 3.63) is 150 Å². The average Bonchev–Trinajstić information content (AvgIpc) is 3.64. The Morgan fingerprint density at radius 1 is 0.756 bits per heavy atom. The van der Waals surface area contributed by atoms with Crippen molar-refractivity contribution in [1.29, 1.82) is 0 Å². The molecule has 1 saturated heterocycles. The van der Waals surface area contributed by atoms with Crippen LogP contribution in [0.1, 0.15) is 49.8 Å². The van der Waals surface area contributed by atoms with Gasteiger partial charge in [0.2, 0.25) is 0 Å². The number of hydrogen-bond donors (Lipinski definition) is 0. The molecule has 4 heteroatoms. The number of rotatable bonds is 9. The highest BCUT2D eigenvalue weighted by atomic mass is 28.2. The normalized spacial score (nSPS) is 25.8. The first-order valence-electron chi connectivity index (χ1n) is 16.6. The molecule has 4 aromatic rings. The molecule has 0 N–H and O–H groups in total. The number of benzene rings is 4. The van der Waals surface area contributed by atoms with Gasteiger partial charge in [0.05, 0.1) is 28.8 Å². The van der Waals surface area contributed by atoms with Crippen molar-refractivity contribution in [1.82, 2.24) is 0 Å². The smallest absolute Gasteiger partial charge is 0.162 e. The summed E-state index contributed by atoms with van der Waals surface area (Å²) in [6.07, 6.45) is 6.13. The number of hydrogen-bond acceptors (Lipinski definition) is 3. The van der Waals surface area contributed by atoms with Crippen molar-refractivity contribution in [2.45, 2.75) is 56.6 Å². The van der Waals surface area contributed by atoms with Crippen LogP contribution >= 0.6 is 0 Å². The zero-order valence-electron chi connectivity index (χ0n) is 26.5. The first-order valence-corrected chi connectivity index (χ1v) is 17.8. The summed E-state index contributed by atoms with van der Waals surface area (Å²) in [5.41, 5.74) is 4.44. The molecule has 0 spiro atoms. The molecule has 2 saturated carbocycles. The Kier molecular flexibility index (Phi) is 8.92. The SMILES string of the molecule is CC1(C)OCC(/C=C2\CC[C@H]3[C@H](OC(c4ccccc4)(c4ccccc4)c4ccccc4)[C@@H](C[Si]c4ccccc4)C[C@H]23)CO1. The summed E-state index contributed by atoms with van der Waals surface area (Å²) in [5.74, 6) is 1.32. The third-order valence-electron chi connectivity index (χ3n) is 10.1. The minimum atomic E-state index is -0.708. The van der Waals surface area contributed by atoms with E-state index in [1.165, 1.54) is 34.7 Å². The predicted molar refractivity (Wildman–Crippen MR) is 183 cm³/mol. The monoisotopic (exact) mass is 612 g/mol. The molecule has 3 nitrogen and oxygen atoms in total. The van der Waals surface area contributed by atoms with E-state index >= 15 is 0 Å². The summed E-state index contributed by atoms with van der Waals surface area (Å²) in [7, 11) is 0.767. The summed E-state index contributed by atoms with van der Waals surface area (Å²) >= 11 is 0. The molecule has 0 bridgehead atoms. The number of fused-ring (bicyclic) bond motifs is 1. The van der Waals surface area contributed by atoms with Crippen molar-refractivity contribution in [2.24, 2.45) is 23.7 Å². The van der Waals surface area contributed by atoms with E-state index in [9.17, 15) is 0 Å². The van der Waals surface area contributed by atoms with E-state index < -0.39 is 11.4 Å². The van der Waals surface area contributed by atoms with Crippen LogP contribution in [0.25, 0.3) is 0 Å². The Morgan fingerprint density at radius 2 is 1.27 bits per heavy atom. The second-order valence-corrected chi connectivity index (χ2v) is 14.8. The van der Waals surface area contributed by atoms with Crippen LogP contribution in [-0.4, -0.2) is 34.6 Å². The fourth-order valence-electron chi connectivity index (χ4n) is 7.95. The summed E-state index contributed by atoms with van der Waals surface area (Å²) in [6, 6.07) is 44.9. The molecule has 45 heavy (non-hydrogen) atoms. The van der Waals surface area contributed by atoms with E-state index in [1.807, 2.05) is 13.8 Å². The zero-order chi connectivity index (χ0) is 30.7. The van der Waals surface area contributed by atoms with E-state index in [1.54, 1.807) is 5.57 Å². The molecule has 3 fully saturated rings. The van der Waals surface area contributed by atoms with Gasteiger partial charge in [0, 0.05) is 5.92 Å². The molecular weight excluding hydrogens is 569 g/mol. The molecule has 2 radical (unpaired) electrons. The lowest BCUT2D eigenvalue weighted by molar-refractivity contribution is -0.256. The van der Waals surface area contributed by atoms with E-state index in [4.69, 9.17) is 14.2 Å². The minimum Gasteiger partial charge on any atom is -0.357 e. The van der Waals surface area contributed by atoms with E-state index in [0.717, 1.165) is 35.2 Å². The lowest BCUT2D eigenvalue weighted by Gasteiger charge is -2.41. The highest BCUT2D eigenvalue weighted by molar-refractivity contribution is 6.53. The number of allylic oxidation sites excluding steroid dienone is 1. The summed E-state index contributed by atoms with van der Waals surface area (Å²) < 4.78 is 20.0. The van der Waals surface area contributed by atoms with E-state index in [0.29, 0.717) is 23.7 Å². The largest absolute Gasteiger partial charge is 0.357 e. The molecule has 0 amide bonds. The molecule has 0 aromatic heterocycles. The van der Waals surface area contributed by atoms with Crippen molar-refractivity contribution in [3.8, 4) is 0 Å². The van der Waals surface area contributed by atoms with Crippen molar-refractivity contribution in [3.63, 3.8) is 0 Å². The van der Waals surface area contributed by atoms with Gasteiger partial charge in [-0.1, -0.05) is 144 Å². The maximum atomic E-state index is 7.87. The molecule has 4 atom stereocenters. The van der Waals surface area contributed by atoms with Crippen molar-refractivity contribution < 1.29 is 14.2 Å². The van der Waals surface area contributed by atoms with Gasteiger partial charge in [-0.05, 0) is 67.6 Å². The van der Waals surface area contributed by atoms with Crippen molar-refractivity contribution in [2.75, 3.05) is 13.2 Å². The van der Waals surface area contributed by atoms with Gasteiger partial charge in [-0.3, -0.25) is 0 Å². The highest BCUT2D eigenvalue weighted by Crippen LogP contribution is 2.55. The summed E-state index contributed by atoms with van der Waals surface area (Å²) in [4.78, 5) is 0. The molecular formula is C41H44O3Si. The van der Waals surface area contributed by atoms with E-state index in [2.05, 4.69) is 127 Å². The molecule has 2 aliphatic carbocycles. The van der Waals surface area contributed by atoms with Gasteiger partial charge in [-0.15, -0.1) is 0 Å². The van der Waals surface area contributed by atoms with Crippen LogP contribution in [0.5, 0.6) is 0 Å². The van der Waals surface area contributed by atoms with Gasteiger partial charge in [0.15, 0.2) is 5.79 Å². The molecule has 4 aromatic carbocycles. The summed E-state index contributed by atoms with van der Waals surface area (Å²) in [6.45, 7) is 5.48. The molecule has 7 rings (SSSR count). The third kappa shape index (κ3) is 6.39. The van der Waals surface area contributed by atoms with Crippen LogP contribution in [-0.2, 0) is 19.8 Å². The van der Waals surface area contributed by atoms with Gasteiger partial charge in [-0.25, -0.2) is 0 Å². The minimum absolute atomic E-state index is 0.135.